The molecule has 0 saturated carbocycles. The van der Waals surface area contributed by atoms with Crippen molar-refractivity contribution in [2.24, 2.45) is 0 Å². The van der Waals surface area contributed by atoms with Crippen LogP contribution in [0.2, 0.25) is 0 Å². The summed E-state index contributed by atoms with van der Waals surface area (Å²) >= 11 is 0. The van der Waals surface area contributed by atoms with Crippen molar-refractivity contribution in [3.8, 4) is 33.6 Å². The van der Waals surface area contributed by atoms with Gasteiger partial charge in [0.05, 0.1) is 27.5 Å². The van der Waals surface area contributed by atoms with Crippen molar-refractivity contribution in [1.82, 2.24) is 9.13 Å². The molecule has 0 spiro atoms. The standard InChI is InChI=1S/C73H50N2Si/c1-6-25-51(26-7-1)73(52-27-8-2-9-28-52)65-42-19-16-38-63(65)71-61(40-23-43-66(71)73)62-41-24-46-69-72(62)64-39-18-21-45-68(64)74(69)54-47-48-60-59-37-17-20-44-67(59)75(70(60)50-54)53-29-22-36-58(49-53)76(55-30-10-3-11-31-55,56-32-12-4-13-33-56)57-34-14-5-15-35-57/h1-50H. The first-order valence-electron chi connectivity index (χ1n) is 26.4. The normalized spacial score (nSPS) is 12.8. The number of fused-ring (bicyclic) bond motifs is 9. The third-order valence-electron chi connectivity index (χ3n) is 16.5. The Hall–Kier alpha value is -9.54. The topological polar surface area (TPSA) is 9.86 Å². The SMILES string of the molecule is c1ccc(C2(c3ccccc3)c3ccccc3-c3c(-c4cccc5c4c4ccccc4n5-c4ccc5c6ccccc6n(-c6cccc([Si](c7ccccc7)(c7ccccc7)c7ccccc7)c6)c5c4)cccc32)cc1. The number of aromatic nitrogens is 2. The average Bonchev–Trinajstić information content (AvgIpc) is 4.31. The van der Waals surface area contributed by atoms with Gasteiger partial charge in [0.15, 0.2) is 8.07 Å². The van der Waals surface area contributed by atoms with Gasteiger partial charge >= 0.3 is 0 Å². The minimum atomic E-state index is -2.81. The highest BCUT2D eigenvalue weighted by Crippen LogP contribution is 2.59. The highest BCUT2D eigenvalue weighted by molar-refractivity contribution is 7.19. The summed E-state index contributed by atoms with van der Waals surface area (Å²) in [5.74, 6) is 0. The summed E-state index contributed by atoms with van der Waals surface area (Å²) in [6, 6.07) is 113. The third kappa shape index (κ3) is 6.33. The van der Waals surface area contributed by atoms with Crippen molar-refractivity contribution in [3.05, 3.63) is 326 Å². The van der Waals surface area contributed by atoms with Crippen LogP contribution in [-0.2, 0) is 5.41 Å². The Morgan fingerprint density at radius 3 is 1.36 bits per heavy atom. The van der Waals surface area contributed by atoms with Gasteiger partial charge < -0.3 is 9.13 Å². The van der Waals surface area contributed by atoms with Gasteiger partial charge in [-0.3, -0.25) is 0 Å². The molecule has 0 atom stereocenters. The Bertz CT molecular complexity index is 4360. The third-order valence-corrected chi connectivity index (χ3v) is 21.3. The minimum absolute atomic E-state index is 0.492. The van der Waals surface area contributed by atoms with E-state index in [9.17, 15) is 0 Å². The summed E-state index contributed by atoms with van der Waals surface area (Å²) in [6.45, 7) is 0. The van der Waals surface area contributed by atoms with Gasteiger partial charge in [-0.1, -0.05) is 261 Å². The van der Waals surface area contributed by atoms with Gasteiger partial charge in [0.25, 0.3) is 0 Å². The molecule has 2 nitrogen and oxygen atoms in total. The second kappa shape index (κ2) is 17.6. The molecule has 356 valence electrons. The summed E-state index contributed by atoms with van der Waals surface area (Å²) in [6.07, 6.45) is 0. The van der Waals surface area contributed by atoms with E-state index in [4.69, 9.17) is 0 Å². The van der Waals surface area contributed by atoms with Gasteiger partial charge in [-0.15, -0.1) is 0 Å². The van der Waals surface area contributed by atoms with E-state index in [0.29, 0.717) is 0 Å². The average molecular weight is 983 g/mol. The molecule has 15 rings (SSSR count). The molecule has 0 amide bonds. The first-order valence-corrected chi connectivity index (χ1v) is 28.4. The monoisotopic (exact) mass is 982 g/mol. The molecule has 0 bridgehead atoms. The molecule has 12 aromatic carbocycles. The minimum Gasteiger partial charge on any atom is -0.309 e. The highest BCUT2D eigenvalue weighted by atomic mass is 28.3. The lowest BCUT2D eigenvalue weighted by Crippen LogP contribution is -2.74. The predicted octanol–water partition coefficient (Wildman–Crippen LogP) is 15.3. The molecule has 0 saturated heterocycles. The zero-order valence-electron chi connectivity index (χ0n) is 41.8. The van der Waals surface area contributed by atoms with Gasteiger partial charge in [0.2, 0.25) is 0 Å². The number of para-hydroxylation sites is 2. The molecule has 14 aromatic rings. The lowest BCUT2D eigenvalue weighted by molar-refractivity contribution is 0.768. The molecule has 0 unspecified atom stereocenters. The van der Waals surface area contributed by atoms with Crippen LogP contribution in [0.3, 0.4) is 0 Å². The summed E-state index contributed by atoms with van der Waals surface area (Å²) in [5, 5.41) is 10.3. The van der Waals surface area contributed by atoms with Crippen molar-refractivity contribution < 1.29 is 0 Å². The van der Waals surface area contributed by atoms with Crippen LogP contribution in [0.4, 0.5) is 0 Å². The van der Waals surface area contributed by atoms with Crippen molar-refractivity contribution in [3.63, 3.8) is 0 Å². The van der Waals surface area contributed by atoms with Crippen LogP contribution >= 0.6 is 0 Å². The van der Waals surface area contributed by atoms with E-state index in [1.165, 1.54) is 109 Å². The number of hydrogen-bond acceptors (Lipinski definition) is 0. The van der Waals surface area contributed by atoms with E-state index in [2.05, 4.69) is 312 Å². The zero-order chi connectivity index (χ0) is 50.2. The Kier molecular flexibility index (Phi) is 10.2. The number of nitrogens with zero attached hydrogens (tertiary/aromatic N) is 2. The Balaban J connectivity index is 0.958. The van der Waals surface area contributed by atoms with Crippen LogP contribution in [0.15, 0.2) is 303 Å². The second-order valence-electron chi connectivity index (χ2n) is 20.3. The molecule has 2 aromatic heterocycles. The number of hydrogen-bond donors (Lipinski definition) is 0. The quantitative estimate of drug-likeness (QED) is 0.101. The number of rotatable bonds is 9. The maximum absolute atomic E-state index is 2.81. The molecule has 1 aliphatic rings. The summed E-state index contributed by atoms with van der Waals surface area (Å²) < 4.78 is 5.01. The van der Waals surface area contributed by atoms with Crippen LogP contribution < -0.4 is 20.7 Å². The van der Waals surface area contributed by atoms with Crippen LogP contribution in [0, 0.1) is 0 Å². The lowest BCUT2D eigenvalue weighted by Gasteiger charge is -2.34. The smallest absolute Gasteiger partial charge is 0.179 e. The van der Waals surface area contributed by atoms with Crippen LogP contribution in [0.1, 0.15) is 22.3 Å². The maximum atomic E-state index is 2.51. The first-order chi connectivity index (χ1) is 37.7. The predicted molar refractivity (Wildman–Crippen MR) is 321 cm³/mol. The zero-order valence-corrected chi connectivity index (χ0v) is 42.8. The fraction of sp³-hybridized carbons (Fsp3) is 0.0137. The molecular formula is C73H50N2Si. The lowest BCUT2D eigenvalue weighted by atomic mass is 9.67. The van der Waals surface area contributed by atoms with Crippen molar-refractivity contribution in [1.29, 1.82) is 0 Å². The van der Waals surface area contributed by atoms with E-state index in [0.717, 1.165) is 11.4 Å². The molecule has 0 aliphatic heterocycles. The molecule has 0 radical (unpaired) electrons. The van der Waals surface area contributed by atoms with E-state index in [1.54, 1.807) is 0 Å². The largest absolute Gasteiger partial charge is 0.309 e. The van der Waals surface area contributed by atoms with E-state index in [1.807, 2.05) is 0 Å². The van der Waals surface area contributed by atoms with Crippen molar-refractivity contribution in [2.45, 2.75) is 5.41 Å². The van der Waals surface area contributed by atoms with E-state index < -0.39 is 13.5 Å². The molecular weight excluding hydrogens is 933 g/mol. The summed E-state index contributed by atoms with van der Waals surface area (Å²) in [5.41, 5.74) is 16.7. The Labute approximate surface area is 443 Å². The second-order valence-corrected chi connectivity index (χ2v) is 24.1. The fourth-order valence-electron chi connectivity index (χ4n) is 13.6. The van der Waals surface area contributed by atoms with E-state index in [-0.39, 0.29) is 0 Å². The van der Waals surface area contributed by atoms with Gasteiger partial charge in [-0.2, -0.15) is 0 Å². The van der Waals surface area contributed by atoms with Gasteiger partial charge in [0, 0.05) is 32.9 Å². The Morgan fingerprint density at radius 2 is 0.697 bits per heavy atom. The van der Waals surface area contributed by atoms with Crippen molar-refractivity contribution in [2.75, 3.05) is 0 Å². The Morgan fingerprint density at radius 1 is 0.263 bits per heavy atom. The molecule has 0 N–H and O–H groups in total. The highest BCUT2D eigenvalue weighted by Gasteiger charge is 2.47. The fourth-order valence-corrected chi connectivity index (χ4v) is 18.3. The van der Waals surface area contributed by atoms with Crippen LogP contribution in [0.5, 0.6) is 0 Å². The molecule has 2 heterocycles. The molecule has 3 heteroatoms. The first kappa shape index (κ1) is 44.0. The molecule has 0 fully saturated rings. The molecule has 76 heavy (non-hydrogen) atoms. The number of benzene rings is 12. The van der Waals surface area contributed by atoms with Crippen LogP contribution in [-0.4, -0.2) is 17.2 Å². The summed E-state index contributed by atoms with van der Waals surface area (Å²) in [4.78, 5) is 0. The molecule has 1 aliphatic carbocycles. The summed E-state index contributed by atoms with van der Waals surface area (Å²) in [7, 11) is -2.81. The van der Waals surface area contributed by atoms with Crippen molar-refractivity contribution >= 4 is 72.4 Å². The van der Waals surface area contributed by atoms with Crippen LogP contribution in [0.25, 0.3) is 77.2 Å². The van der Waals surface area contributed by atoms with E-state index >= 15 is 0 Å². The van der Waals surface area contributed by atoms with Gasteiger partial charge in [0.1, 0.15) is 0 Å². The van der Waals surface area contributed by atoms with Gasteiger partial charge in [-0.05, 0) is 108 Å². The van der Waals surface area contributed by atoms with Gasteiger partial charge in [-0.25, -0.2) is 0 Å². The maximum Gasteiger partial charge on any atom is 0.179 e.